The first-order chi connectivity index (χ1) is 16.1. The molecule has 0 radical (unpaired) electrons. The van der Waals surface area contributed by atoms with Gasteiger partial charge in [0.05, 0.1) is 0 Å². The smallest absolute Gasteiger partial charge is 0.344 e. The number of ether oxygens (including phenoxy) is 2. The summed E-state index contributed by atoms with van der Waals surface area (Å²) < 4.78 is 10.7. The lowest BCUT2D eigenvalue weighted by Crippen LogP contribution is -2.51. The number of fused-ring (bicyclic) bond motifs is 5. The molecule has 0 aliphatic heterocycles. The molecule has 4 rings (SSSR count). The quantitative estimate of drug-likeness (QED) is 0.292. The highest BCUT2D eigenvalue weighted by molar-refractivity contribution is 5.76. The molecular formula is C30H48O4. The van der Waals surface area contributed by atoms with E-state index in [2.05, 4.69) is 40.7 Å². The van der Waals surface area contributed by atoms with Gasteiger partial charge in [-0.1, -0.05) is 53.2 Å². The third kappa shape index (κ3) is 4.72. The molecule has 0 aromatic heterocycles. The van der Waals surface area contributed by atoms with Gasteiger partial charge in [-0.2, -0.15) is 0 Å². The van der Waals surface area contributed by atoms with Gasteiger partial charge in [0.2, 0.25) is 0 Å². The number of allylic oxidation sites excluding steroid dienone is 1. The Bertz CT molecular complexity index is 800. The first-order valence-electron chi connectivity index (χ1n) is 14.1. The van der Waals surface area contributed by atoms with Crippen molar-refractivity contribution < 1.29 is 19.1 Å². The summed E-state index contributed by atoms with van der Waals surface area (Å²) in [6.07, 6.45) is 13.8. The van der Waals surface area contributed by atoms with Crippen LogP contribution in [0.25, 0.3) is 0 Å². The summed E-state index contributed by atoms with van der Waals surface area (Å²) in [5.41, 5.74) is 2.29. The van der Waals surface area contributed by atoms with E-state index >= 15 is 0 Å². The molecule has 0 N–H and O–H groups in total. The molecule has 0 saturated heterocycles. The van der Waals surface area contributed by atoms with Gasteiger partial charge in [0.15, 0.2) is 6.61 Å². The minimum atomic E-state index is -0.411. The molecule has 192 valence electrons. The van der Waals surface area contributed by atoms with Crippen molar-refractivity contribution in [1.82, 2.24) is 0 Å². The van der Waals surface area contributed by atoms with Crippen molar-refractivity contribution in [1.29, 1.82) is 0 Å². The van der Waals surface area contributed by atoms with Gasteiger partial charge in [0, 0.05) is 12.8 Å². The molecule has 4 nitrogen and oxygen atoms in total. The highest BCUT2D eigenvalue weighted by atomic mass is 16.6. The molecule has 0 aromatic rings. The average Bonchev–Trinajstić information content (AvgIpc) is 3.14. The van der Waals surface area contributed by atoms with E-state index in [-0.39, 0.29) is 30.5 Å². The molecule has 0 spiro atoms. The van der Waals surface area contributed by atoms with E-state index in [0.29, 0.717) is 5.41 Å². The Labute approximate surface area is 207 Å². The van der Waals surface area contributed by atoms with E-state index in [0.717, 1.165) is 54.8 Å². The molecular weight excluding hydrogens is 424 g/mol. The van der Waals surface area contributed by atoms with Crippen molar-refractivity contribution in [3.63, 3.8) is 0 Å². The van der Waals surface area contributed by atoms with Crippen molar-refractivity contribution in [3.8, 4) is 0 Å². The topological polar surface area (TPSA) is 52.6 Å². The molecule has 3 saturated carbocycles. The van der Waals surface area contributed by atoms with E-state index in [9.17, 15) is 9.59 Å². The van der Waals surface area contributed by atoms with Crippen molar-refractivity contribution in [2.45, 2.75) is 112 Å². The van der Waals surface area contributed by atoms with Crippen LogP contribution in [0.2, 0.25) is 0 Å². The van der Waals surface area contributed by atoms with Crippen molar-refractivity contribution in [2.24, 2.45) is 46.3 Å². The predicted octanol–water partition coefficient (Wildman–Crippen LogP) is 7.11. The first kappa shape index (κ1) is 25.8. The third-order valence-electron chi connectivity index (χ3n) is 10.6. The van der Waals surface area contributed by atoms with Gasteiger partial charge >= 0.3 is 11.9 Å². The molecule has 4 aliphatic carbocycles. The molecule has 4 heteroatoms. The number of carbonyl (C=O) groups excluding carboxylic acids is 2. The van der Waals surface area contributed by atoms with E-state index in [1.165, 1.54) is 44.1 Å². The van der Waals surface area contributed by atoms with E-state index < -0.39 is 5.97 Å². The molecule has 8 unspecified atom stereocenters. The fourth-order valence-electron chi connectivity index (χ4n) is 9.07. The maximum Gasteiger partial charge on any atom is 0.344 e. The summed E-state index contributed by atoms with van der Waals surface area (Å²) in [6, 6.07) is 0. The Hall–Kier alpha value is -1.32. The molecule has 0 amide bonds. The van der Waals surface area contributed by atoms with Gasteiger partial charge in [-0.05, 0) is 97.7 Å². The molecule has 3 fully saturated rings. The van der Waals surface area contributed by atoms with Crippen LogP contribution in [0.3, 0.4) is 0 Å². The maximum absolute atomic E-state index is 12.2. The molecule has 0 heterocycles. The molecule has 0 bridgehead atoms. The van der Waals surface area contributed by atoms with E-state index in [4.69, 9.17) is 9.47 Å². The lowest BCUT2D eigenvalue weighted by atomic mass is 9.47. The minimum Gasteiger partial charge on any atom is -0.460 e. The van der Waals surface area contributed by atoms with Crippen LogP contribution in [0.5, 0.6) is 0 Å². The van der Waals surface area contributed by atoms with Gasteiger partial charge in [-0.3, -0.25) is 4.79 Å². The summed E-state index contributed by atoms with van der Waals surface area (Å²) >= 11 is 0. The number of hydrogen-bond acceptors (Lipinski definition) is 4. The Morgan fingerprint density at radius 3 is 2.50 bits per heavy atom. The number of hydrogen-bond donors (Lipinski definition) is 0. The van der Waals surface area contributed by atoms with Crippen LogP contribution in [0.4, 0.5) is 0 Å². The monoisotopic (exact) mass is 472 g/mol. The Kier molecular flexibility index (Phi) is 7.56. The van der Waals surface area contributed by atoms with Crippen LogP contribution < -0.4 is 0 Å². The van der Waals surface area contributed by atoms with Crippen LogP contribution in [-0.2, 0) is 19.1 Å². The number of rotatable bonds is 7. The average molecular weight is 473 g/mol. The maximum atomic E-state index is 12.2. The van der Waals surface area contributed by atoms with Gasteiger partial charge in [0.1, 0.15) is 6.10 Å². The van der Waals surface area contributed by atoms with Crippen LogP contribution in [0.1, 0.15) is 106 Å². The summed E-state index contributed by atoms with van der Waals surface area (Å²) in [6.45, 7) is 13.9. The fourth-order valence-corrected chi connectivity index (χ4v) is 9.07. The second-order valence-corrected chi connectivity index (χ2v) is 13.0. The van der Waals surface area contributed by atoms with Crippen molar-refractivity contribution >= 4 is 11.9 Å². The van der Waals surface area contributed by atoms with Gasteiger partial charge in [0.25, 0.3) is 0 Å². The zero-order valence-corrected chi connectivity index (χ0v) is 22.5. The molecule has 0 aromatic carbocycles. The predicted molar refractivity (Wildman–Crippen MR) is 135 cm³/mol. The highest BCUT2D eigenvalue weighted by Crippen LogP contribution is 2.67. The molecule has 8 atom stereocenters. The highest BCUT2D eigenvalue weighted by Gasteiger charge is 2.59. The lowest BCUT2D eigenvalue weighted by Gasteiger charge is -2.58. The largest absolute Gasteiger partial charge is 0.460 e. The van der Waals surface area contributed by atoms with Gasteiger partial charge in [-0.15, -0.1) is 0 Å². The van der Waals surface area contributed by atoms with Crippen LogP contribution in [0, 0.1) is 46.3 Å². The zero-order valence-electron chi connectivity index (χ0n) is 22.5. The van der Waals surface area contributed by atoms with Crippen LogP contribution in [-0.4, -0.2) is 24.6 Å². The lowest BCUT2D eigenvalue weighted by molar-refractivity contribution is -0.163. The SMILES string of the molecule is CCC(=O)OCC(=O)OC1CCC2(C)C(=CCC3C2CCC2(C)C(C(C)CC(C)C)CCC32)C1. The first-order valence-corrected chi connectivity index (χ1v) is 14.1. The van der Waals surface area contributed by atoms with Crippen LogP contribution >= 0.6 is 0 Å². The summed E-state index contributed by atoms with van der Waals surface area (Å²) in [5.74, 6) is 4.19. The van der Waals surface area contributed by atoms with Crippen LogP contribution in [0.15, 0.2) is 11.6 Å². The molecule has 34 heavy (non-hydrogen) atoms. The fraction of sp³-hybridized carbons (Fsp3) is 0.867. The van der Waals surface area contributed by atoms with Gasteiger partial charge in [-0.25, -0.2) is 4.79 Å². The standard InChI is InChI=1S/C30H48O4/c1-7-27(31)33-18-28(32)34-22-12-14-29(5)21(17-22)8-9-23-25-11-10-24(20(4)16-19(2)3)30(25,6)15-13-26(23)29/h8,19-20,22-26H,7,9-18H2,1-6H3. The van der Waals surface area contributed by atoms with Crippen molar-refractivity contribution in [2.75, 3.05) is 6.61 Å². The van der Waals surface area contributed by atoms with E-state index in [1.807, 2.05) is 0 Å². The Balaban J connectivity index is 1.42. The normalized spacial score (nSPS) is 40.0. The number of carbonyl (C=O) groups is 2. The Morgan fingerprint density at radius 2 is 1.79 bits per heavy atom. The third-order valence-corrected chi connectivity index (χ3v) is 10.6. The molecule has 4 aliphatic rings. The number of esters is 2. The second kappa shape index (κ2) is 9.97. The minimum absolute atomic E-state index is 0.0784. The zero-order chi connectivity index (χ0) is 24.7. The van der Waals surface area contributed by atoms with E-state index in [1.54, 1.807) is 6.92 Å². The van der Waals surface area contributed by atoms with Crippen molar-refractivity contribution in [3.05, 3.63) is 11.6 Å². The second-order valence-electron chi connectivity index (χ2n) is 13.0. The summed E-state index contributed by atoms with van der Waals surface area (Å²) in [7, 11) is 0. The summed E-state index contributed by atoms with van der Waals surface area (Å²) in [4.78, 5) is 23.5. The summed E-state index contributed by atoms with van der Waals surface area (Å²) in [5, 5.41) is 0. The Morgan fingerprint density at radius 1 is 1.03 bits per heavy atom. The van der Waals surface area contributed by atoms with Gasteiger partial charge < -0.3 is 9.47 Å².